The Morgan fingerprint density at radius 1 is 0.519 bits per heavy atom. The smallest absolute Gasteiger partial charge is 0.409 e. The topological polar surface area (TPSA) is 198 Å². The fraction of sp³-hybridized carbons (Fsp3) is 0.923. The molecular weight excluding hydrogens is 1050 g/mol. The summed E-state index contributed by atoms with van der Waals surface area (Å²) in [6, 6.07) is 0. The van der Waals surface area contributed by atoms with Crippen molar-refractivity contribution < 1.29 is 65.4 Å². The van der Waals surface area contributed by atoms with E-state index in [4.69, 9.17) is 27.9 Å². The molecular formula is C65H105NO14S. The molecule has 0 aromatic rings. The number of nitrogens with zero attached hydrogens (tertiary/aromatic N) is 1. The van der Waals surface area contributed by atoms with Crippen molar-refractivity contribution in [2.45, 2.75) is 283 Å². The molecule has 0 aromatic carbocycles. The van der Waals surface area contributed by atoms with Crippen LogP contribution >= 0.6 is 0 Å². The summed E-state index contributed by atoms with van der Waals surface area (Å²) in [5, 5.41) is 10.3. The van der Waals surface area contributed by atoms with Gasteiger partial charge < -0.3 is 33.7 Å². The molecule has 0 spiro atoms. The Morgan fingerprint density at radius 3 is 1.32 bits per heavy atom. The van der Waals surface area contributed by atoms with Crippen LogP contribution in [0.1, 0.15) is 238 Å². The third kappa shape index (κ3) is 12.3. The van der Waals surface area contributed by atoms with Gasteiger partial charge in [0, 0.05) is 38.8 Å². The van der Waals surface area contributed by atoms with Crippen LogP contribution in [0.15, 0.2) is 0 Å². The maximum absolute atomic E-state index is 12.7. The molecule has 0 aromatic heterocycles. The summed E-state index contributed by atoms with van der Waals surface area (Å²) in [6.45, 7) is 25.8. The van der Waals surface area contributed by atoms with Crippen molar-refractivity contribution in [3.63, 3.8) is 0 Å². The first kappa shape index (κ1) is 62.5. The van der Waals surface area contributed by atoms with Gasteiger partial charge in [-0.2, -0.15) is 8.42 Å². The first-order valence-corrected chi connectivity index (χ1v) is 33.4. The Hall–Kier alpha value is -2.98. The van der Waals surface area contributed by atoms with Crippen molar-refractivity contribution in [1.82, 2.24) is 4.90 Å². The maximum Gasteiger partial charge on any atom is 0.409 e. The molecule has 0 radical (unpaired) electrons. The summed E-state index contributed by atoms with van der Waals surface area (Å²) in [6.07, 6.45) is 21.2. The Morgan fingerprint density at radius 2 is 0.901 bits per heavy atom. The van der Waals surface area contributed by atoms with Crippen molar-refractivity contribution in [3.05, 3.63) is 0 Å². The summed E-state index contributed by atoms with van der Waals surface area (Å²) in [7, 11) is -0.0110. The van der Waals surface area contributed by atoms with E-state index in [1.807, 2.05) is 76.2 Å². The molecule has 1 aliphatic heterocycles. The molecule has 1 saturated heterocycles. The molecule has 15 aliphatic rings. The van der Waals surface area contributed by atoms with Crippen LogP contribution in [0.3, 0.4) is 0 Å². The number of rotatable bonds is 13. The zero-order valence-electron chi connectivity index (χ0n) is 52.4. The summed E-state index contributed by atoms with van der Waals surface area (Å²) >= 11 is 0. The Bertz CT molecular complexity index is 2460. The van der Waals surface area contributed by atoms with E-state index < -0.39 is 49.3 Å². The lowest BCUT2D eigenvalue weighted by atomic mass is 9.50. The van der Waals surface area contributed by atoms with Crippen LogP contribution in [-0.4, -0.2) is 108 Å². The van der Waals surface area contributed by atoms with Crippen molar-refractivity contribution in [2.24, 2.45) is 80.8 Å². The summed E-state index contributed by atoms with van der Waals surface area (Å²) in [4.78, 5) is 63.3. The molecule has 14 aliphatic carbocycles. The Balaban J connectivity index is 0.000000131. The van der Waals surface area contributed by atoms with Crippen LogP contribution in [0.25, 0.3) is 0 Å². The van der Waals surface area contributed by atoms with E-state index in [0.717, 1.165) is 88.9 Å². The second-order valence-electron chi connectivity index (χ2n) is 31.9. The normalized spacial score (nSPS) is 41.9. The van der Waals surface area contributed by atoms with E-state index in [2.05, 4.69) is 13.8 Å². The van der Waals surface area contributed by atoms with Gasteiger partial charge in [-0.15, -0.1) is 0 Å². The molecule has 1 N–H and O–H groups in total. The van der Waals surface area contributed by atoms with Gasteiger partial charge in [-0.1, -0.05) is 27.7 Å². The number of carbonyl (C=O) groups is 5. The van der Waals surface area contributed by atoms with Gasteiger partial charge in [0.05, 0.1) is 32.5 Å². The highest BCUT2D eigenvalue weighted by Gasteiger charge is 2.67. The number of ether oxygens (including phenoxy) is 5. The van der Waals surface area contributed by atoms with Gasteiger partial charge in [-0.3, -0.25) is 23.4 Å². The second-order valence-corrected chi connectivity index (χ2v) is 33.7. The molecule has 9 unspecified atom stereocenters. The van der Waals surface area contributed by atoms with Crippen molar-refractivity contribution in [1.29, 1.82) is 0 Å². The third-order valence-electron chi connectivity index (χ3n) is 23.7. The van der Waals surface area contributed by atoms with E-state index in [9.17, 15) is 37.5 Å². The average Bonchev–Trinajstić information content (AvgIpc) is 3.85. The lowest BCUT2D eigenvalue weighted by molar-refractivity contribution is -0.227. The van der Waals surface area contributed by atoms with Crippen LogP contribution in [0, 0.1) is 80.8 Å². The number of hydrogen-bond donors (Lipinski definition) is 1. The maximum atomic E-state index is 12.7. The molecule has 460 valence electrons. The number of hydrogen-bond acceptors (Lipinski definition) is 14. The summed E-state index contributed by atoms with van der Waals surface area (Å²) in [5.41, 5.74) is -3.69. The Labute approximate surface area is 486 Å². The largest absolute Gasteiger partial charge is 0.459 e. The van der Waals surface area contributed by atoms with Gasteiger partial charge in [0.1, 0.15) is 34.6 Å². The van der Waals surface area contributed by atoms with Crippen LogP contribution in [-0.2, 0) is 57.2 Å². The second kappa shape index (κ2) is 21.8. The minimum Gasteiger partial charge on any atom is -0.459 e. The van der Waals surface area contributed by atoms with Crippen LogP contribution in [0.2, 0.25) is 0 Å². The highest BCUT2D eigenvalue weighted by atomic mass is 32.2. The highest BCUT2D eigenvalue weighted by Crippen LogP contribution is 2.63. The summed E-state index contributed by atoms with van der Waals surface area (Å²) < 4.78 is 58.5. The van der Waals surface area contributed by atoms with Gasteiger partial charge >= 0.3 is 30.0 Å². The number of esters is 4. The van der Waals surface area contributed by atoms with Crippen molar-refractivity contribution in [3.8, 4) is 0 Å². The number of fused-ring (bicyclic) bond motifs is 1. The Kier molecular flexibility index (Phi) is 16.8. The predicted octanol–water partition coefficient (Wildman–Crippen LogP) is 12.5. The average molecular weight is 1160 g/mol. The molecule has 15 nitrogen and oxygen atoms in total. The standard InChI is InChI=1S/C19H31NO4.C17H28O2.C16H26O3.C13H20O5S/c1-6-17(2,3)15(21)23-18-8-13-7-14(9-18)11-19(10-13,12-18)24-16(22)20(4)5;1-5-16(2,3)15(18)19-17(4)13-7-11-6-12(9-13)10-14(17)8-11;1-4-14(2,3)13(17)19-16-8-11-5-12(9-16)7-15(18,6-11)10-16;1-4-13(2,3)12(14)17-10-7-5-8-9(6-7)19(15,16)18-11(8)10/h13-14H,6-12H2,1-5H3;11-14H,5-10H2,1-4H3;11-12,18H,4-10H2,1-3H3;7-11H,4-6H2,1-3H3. The van der Waals surface area contributed by atoms with Crippen LogP contribution < -0.4 is 0 Å². The quantitative estimate of drug-likeness (QED) is 0.104. The van der Waals surface area contributed by atoms with Gasteiger partial charge in [0.25, 0.3) is 10.1 Å². The molecule has 15 fully saturated rings. The predicted molar refractivity (Wildman–Crippen MR) is 306 cm³/mol. The van der Waals surface area contributed by atoms with E-state index >= 15 is 0 Å². The molecule has 15 rings (SSSR count). The highest BCUT2D eigenvalue weighted by molar-refractivity contribution is 7.87. The lowest BCUT2D eigenvalue weighted by Crippen LogP contribution is -2.62. The SMILES string of the molecule is CCC(C)(C)C(=O)OC1(C)C2CC3CC(C2)CC1C3.CCC(C)(C)C(=O)OC12CC3CC(CC(O)(C3)C1)C2.CCC(C)(C)C(=O)OC12CC3CC(CC(OC(=O)N(C)C)(C3)C1)C2.CCC(C)(C)C(=O)OC1C2CC3C1OS(=O)(=O)C3C2. The summed E-state index contributed by atoms with van der Waals surface area (Å²) in [5.74, 6) is 4.96. The van der Waals surface area contributed by atoms with Crippen LogP contribution in [0.5, 0.6) is 0 Å². The molecule has 16 heteroatoms. The number of amides is 1. The third-order valence-corrected chi connectivity index (χ3v) is 25.5. The number of aliphatic hydroxyl groups is 1. The number of carbonyl (C=O) groups excluding carboxylic acids is 5. The van der Waals surface area contributed by atoms with E-state index in [-0.39, 0.29) is 69.8 Å². The van der Waals surface area contributed by atoms with E-state index in [1.54, 1.807) is 14.1 Å². The fourth-order valence-electron chi connectivity index (χ4n) is 18.1. The zero-order valence-corrected chi connectivity index (χ0v) is 53.2. The lowest BCUT2D eigenvalue weighted by Gasteiger charge is -2.60. The fourth-order valence-corrected chi connectivity index (χ4v) is 19.9. The van der Waals surface area contributed by atoms with E-state index in [0.29, 0.717) is 61.2 Å². The first-order valence-electron chi connectivity index (χ1n) is 31.9. The van der Waals surface area contributed by atoms with Gasteiger partial charge in [-0.25, -0.2) is 4.79 Å². The van der Waals surface area contributed by atoms with Gasteiger partial charge in [0.15, 0.2) is 0 Å². The molecule has 14 bridgehead atoms. The molecule has 9 atom stereocenters. The van der Waals surface area contributed by atoms with Gasteiger partial charge in [0.2, 0.25) is 0 Å². The van der Waals surface area contributed by atoms with Crippen molar-refractivity contribution in [2.75, 3.05) is 14.1 Å². The van der Waals surface area contributed by atoms with Crippen molar-refractivity contribution >= 4 is 40.1 Å². The molecule has 14 saturated carbocycles. The zero-order chi connectivity index (χ0) is 59.5. The molecule has 1 amide bonds. The van der Waals surface area contributed by atoms with Gasteiger partial charge in [-0.05, 0) is 244 Å². The minimum atomic E-state index is -3.43. The molecule has 1 heterocycles. The first-order chi connectivity index (χ1) is 37.5. The minimum absolute atomic E-state index is 0.0185. The van der Waals surface area contributed by atoms with Crippen LogP contribution in [0.4, 0.5) is 4.79 Å². The molecule has 81 heavy (non-hydrogen) atoms. The van der Waals surface area contributed by atoms with E-state index in [1.165, 1.54) is 49.8 Å². The monoisotopic (exact) mass is 1160 g/mol.